The van der Waals surface area contributed by atoms with E-state index in [0.29, 0.717) is 5.56 Å². The molecule has 4 nitrogen and oxygen atoms in total. The molecule has 0 heterocycles. The highest BCUT2D eigenvalue weighted by Gasteiger charge is 2.19. The summed E-state index contributed by atoms with van der Waals surface area (Å²) in [4.78, 5) is 11.7. The average molecular weight is 330 g/mol. The van der Waals surface area contributed by atoms with E-state index in [1.165, 1.54) is 23.3 Å². The Labute approximate surface area is 135 Å². The second-order valence-corrected chi connectivity index (χ2v) is 8.03. The molecule has 5 heteroatoms. The molecule has 0 fully saturated rings. The maximum Gasteiger partial charge on any atom is 0.336 e. The van der Waals surface area contributed by atoms with E-state index in [4.69, 9.17) is 0 Å². The van der Waals surface area contributed by atoms with Gasteiger partial charge in [-0.1, -0.05) is 31.2 Å². The molecule has 2 aromatic rings. The summed E-state index contributed by atoms with van der Waals surface area (Å²) in [5, 5.41) is 9.49. The number of aromatic carboxylic acids is 1. The highest BCUT2D eigenvalue weighted by Crippen LogP contribution is 2.31. The molecule has 0 radical (unpaired) electrons. The Morgan fingerprint density at radius 3 is 2.52 bits per heavy atom. The van der Waals surface area contributed by atoms with Crippen LogP contribution in [0.25, 0.3) is 11.1 Å². The summed E-state index contributed by atoms with van der Waals surface area (Å²) in [5.41, 5.74) is 3.98. The summed E-state index contributed by atoms with van der Waals surface area (Å²) in [5.74, 6) is -1.17. The van der Waals surface area contributed by atoms with Crippen molar-refractivity contribution >= 4 is 15.8 Å². The van der Waals surface area contributed by atoms with Crippen LogP contribution >= 0.6 is 0 Å². The molecule has 2 aromatic carbocycles. The SMILES string of the molecule is CCS(=O)(=O)c1ccc(-c2ccc3c(c2)CCC3)c(C(=O)O)c1. The van der Waals surface area contributed by atoms with E-state index < -0.39 is 15.8 Å². The summed E-state index contributed by atoms with van der Waals surface area (Å²) >= 11 is 0. The van der Waals surface area contributed by atoms with Gasteiger partial charge in [0.2, 0.25) is 0 Å². The molecule has 0 saturated carbocycles. The van der Waals surface area contributed by atoms with Gasteiger partial charge in [0, 0.05) is 0 Å². The van der Waals surface area contributed by atoms with Crippen LogP contribution in [0.15, 0.2) is 41.3 Å². The smallest absolute Gasteiger partial charge is 0.336 e. The molecule has 23 heavy (non-hydrogen) atoms. The third-order valence-electron chi connectivity index (χ3n) is 4.37. The molecule has 120 valence electrons. The van der Waals surface area contributed by atoms with Crippen molar-refractivity contribution in [3.8, 4) is 11.1 Å². The maximum atomic E-state index is 12.0. The lowest BCUT2D eigenvalue weighted by molar-refractivity contribution is 0.0697. The molecular weight excluding hydrogens is 312 g/mol. The van der Waals surface area contributed by atoms with Crippen LogP contribution in [0.3, 0.4) is 0 Å². The normalized spacial score (nSPS) is 13.8. The van der Waals surface area contributed by atoms with E-state index in [1.807, 2.05) is 18.2 Å². The Hall–Kier alpha value is -2.14. The Bertz CT molecular complexity index is 882. The van der Waals surface area contributed by atoms with Gasteiger partial charge in [-0.05, 0) is 53.6 Å². The maximum absolute atomic E-state index is 12.0. The molecule has 0 unspecified atom stereocenters. The molecular formula is C18H18O4S. The molecule has 0 saturated heterocycles. The van der Waals surface area contributed by atoms with Crippen molar-refractivity contribution in [1.29, 1.82) is 0 Å². The molecule has 0 amide bonds. The number of rotatable bonds is 4. The minimum atomic E-state index is -3.43. The van der Waals surface area contributed by atoms with Gasteiger partial charge in [0.15, 0.2) is 9.84 Å². The highest BCUT2D eigenvalue weighted by molar-refractivity contribution is 7.91. The molecule has 3 rings (SSSR count). The van der Waals surface area contributed by atoms with Gasteiger partial charge in [-0.15, -0.1) is 0 Å². The number of carboxylic acid groups (broad SMARTS) is 1. The van der Waals surface area contributed by atoms with Crippen LogP contribution in [0.5, 0.6) is 0 Å². The molecule has 1 aliphatic rings. The van der Waals surface area contributed by atoms with Gasteiger partial charge in [0.25, 0.3) is 0 Å². The Morgan fingerprint density at radius 2 is 1.83 bits per heavy atom. The largest absolute Gasteiger partial charge is 0.478 e. The van der Waals surface area contributed by atoms with E-state index in [0.717, 1.165) is 24.8 Å². The molecule has 0 bridgehead atoms. The van der Waals surface area contributed by atoms with Gasteiger partial charge < -0.3 is 5.11 Å². The number of carbonyl (C=O) groups is 1. The Kier molecular flexibility index (Phi) is 3.98. The minimum absolute atomic E-state index is 0.0254. The number of fused-ring (bicyclic) bond motifs is 1. The second-order valence-electron chi connectivity index (χ2n) is 5.75. The third-order valence-corrected chi connectivity index (χ3v) is 6.10. The fraction of sp³-hybridized carbons (Fsp3) is 0.278. The number of aryl methyl sites for hydroxylation is 2. The first-order chi connectivity index (χ1) is 10.9. The molecule has 1 N–H and O–H groups in total. The average Bonchev–Trinajstić information content (AvgIpc) is 3.01. The zero-order valence-electron chi connectivity index (χ0n) is 12.9. The minimum Gasteiger partial charge on any atom is -0.478 e. The van der Waals surface area contributed by atoms with Crippen molar-refractivity contribution < 1.29 is 18.3 Å². The number of sulfone groups is 1. The highest BCUT2D eigenvalue weighted by atomic mass is 32.2. The number of benzene rings is 2. The first-order valence-corrected chi connectivity index (χ1v) is 9.30. The summed E-state index contributed by atoms with van der Waals surface area (Å²) in [6, 6.07) is 10.3. The van der Waals surface area contributed by atoms with E-state index in [2.05, 4.69) is 0 Å². The topological polar surface area (TPSA) is 71.4 Å². The van der Waals surface area contributed by atoms with E-state index in [-0.39, 0.29) is 16.2 Å². The quantitative estimate of drug-likeness (QED) is 0.933. The van der Waals surface area contributed by atoms with Crippen molar-refractivity contribution in [1.82, 2.24) is 0 Å². The van der Waals surface area contributed by atoms with Crippen LogP contribution in [0.4, 0.5) is 0 Å². The van der Waals surface area contributed by atoms with E-state index in [9.17, 15) is 18.3 Å². The van der Waals surface area contributed by atoms with Crippen LogP contribution in [0.1, 0.15) is 34.8 Å². The fourth-order valence-corrected chi connectivity index (χ4v) is 3.96. The van der Waals surface area contributed by atoms with Gasteiger partial charge in [0.1, 0.15) is 0 Å². The predicted molar refractivity (Wildman–Crippen MR) is 88.6 cm³/mol. The lowest BCUT2D eigenvalue weighted by Gasteiger charge is -2.11. The van der Waals surface area contributed by atoms with E-state index in [1.54, 1.807) is 13.0 Å². The molecule has 0 spiro atoms. The van der Waals surface area contributed by atoms with Crippen molar-refractivity contribution in [2.24, 2.45) is 0 Å². The first-order valence-electron chi connectivity index (χ1n) is 7.64. The Balaban J connectivity index is 2.14. The van der Waals surface area contributed by atoms with Gasteiger partial charge in [-0.3, -0.25) is 0 Å². The van der Waals surface area contributed by atoms with Crippen molar-refractivity contribution in [2.75, 3.05) is 5.75 Å². The van der Waals surface area contributed by atoms with Crippen LogP contribution in [-0.2, 0) is 22.7 Å². The fourth-order valence-electron chi connectivity index (χ4n) is 3.05. The summed E-state index contributed by atoms with van der Waals surface area (Å²) < 4.78 is 24.0. The molecule has 0 aliphatic heterocycles. The second kappa shape index (κ2) is 5.81. The predicted octanol–water partition coefficient (Wildman–Crippen LogP) is 3.33. The lowest BCUT2D eigenvalue weighted by Crippen LogP contribution is -2.07. The van der Waals surface area contributed by atoms with Crippen LogP contribution in [0, 0.1) is 0 Å². The third kappa shape index (κ3) is 2.88. The lowest BCUT2D eigenvalue weighted by atomic mass is 9.96. The first kappa shape index (κ1) is 15.7. The monoisotopic (exact) mass is 330 g/mol. The van der Waals surface area contributed by atoms with Crippen LogP contribution in [0.2, 0.25) is 0 Å². The van der Waals surface area contributed by atoms with Gasteiger partial charge in [-0.2, -0.15) is 0 Å². The number of hydrogen-bond acceptors (Lipinski definition) is 3. The van der Waals surface area contributed by atoms with Gasteiger partial charge in [0.05, 0.1) is 16.2 Å². The summed E-state index contributed by atoms with van der Waals surface area (Å²) in [7, 11) is -3.43. The van der Waals surface area contributed by atoms with E-state index >= 15 is 0 Å². The van der Waals surface area contributed by atoms with Gasteiger partial charge >= 0.3 is 5.97 Å². The summed E-state index contributed by atoms with van der Waals surface area (Å²) in [6.45, 7) is 1.55. The molecule has 1 aliphatic carbocycles. The Morgan fingerprint density at radius 1 is 1.09 bits per heavy atom. The molecule has 0 atom stereocenters. The number of carboxylic acids is 1. The van der Waals surface area contributed by atoms with Crippen molar-refractivity contribution in [3.63, 3.8) is 0 Å². The zero-order valence-corrected chi connectivity index (χ0v) is 13.7. The zero-order chi connectivity index (χ0) is 16.6. The summed E-state index contributed by atoms with van der Waals surface area (Å²) in [6.07, 6.45) is 3.20. The standard InChI is InChI=1S/C18H18O4S/c1-2-23(21,22)15-8-9-16(17(11-15)18(19)20)14-7-6-12-4-3-5-13(12)10-14/h6-11H,2-5H2,1H3,(H,19,20). The van der Waals surface area contributed by atoms with Crippen molar-refractivity contribution in [3.05, 3.63) is 53.1 Å². The van der Waals surface area contributed by atoms with Crippen LogP contribution in [-0.4, -0.2) is 25.2 Å². The molecule has 0 aromatic heterocycles. The van der Waals surface area contributed by atoms with Gasteiger partial charge in [-0.25, -0.2) is 13.2 Å². The van der Waals surface area contributed by atoms with Crippen molar-refractivity contribution in [2.45, 2.75) is 31.1 Å². The van der Waals surface area contributed by atoms with Crippen LogP contribution < -0.4 is 0 Å². The number of hydrogen-bond donors (Lipinski definition) is 1.